The summed E-state index contributed by atoms with van der Waals surface area (Å²) in [4.78, 5) is 23.2. The summed E-state index contributed by atoms with van der Waals surface area (Å²) in [5.41, 5.74) is 7.23. The molecule has 2 rings (SSSR count). The number of nitrogens with one attached hydrogen (secondary N) is 2. The van der Waals surface area contributed by atoms with Crippen molar-refractivity contribution >= 4 is 11.9 Å². The van der Waals surface area contributed by atoms with E-state index in [1.54, 1.807) is 36.4 Å². The number of hydrogen-bond acceptors (Lipinski definition) is 2. The maximum Gasteiger partial charge on any atom is 0.312 e. The lowest BCUT2D eigenvalue weighted by molar-refractivity contribution is 0.0925. The molecular weight excluding hydrogens is 321 g/mol. The Morgan fingerprint density at radius 2 is 1.64 bits per heavy atom. The molecule has 0 unspecified atom stereocenters. The Morgan fingerprint density at radius 3 is 2.16 bits per heavy atom. The molecule has 3 amide bonds. The van der Waals surface area contributed by atoms with Crippen molar-refractivity contribution in [3.05, 3.63) is 71.0 Å². The topological polar surface area (TPSA) is 84.2 Å². The molecule has 132 valence electrons. The van der Waals surface area contributed by atoms with Crippen molar-refractivity contribution in [2.75, 3.05) is 0 Å². The first kappa shape index (κ1) is 18.4. The SMILES string of the molecule is CC(C)[C@@H](NC(=O)c1ccc(CNC(N)=O)cc1)c1ccc(F)cc1. The van der Waals surface area contributed by atoms with E-state index in [2.05, 4.69) is 10.6 Å². The van der Waals surface area contributed by atoms with E-state index in [0.717, 1.165) is 11.1 Å². The van der Waals surface area contributed by atoms with Crippen LogP contribution in [0.15, 0.2) is 48.5 Å². The van der Waals surface area contributed by atoms with E-state index >= 15 is 0 Å². The van der Waals surface area contributed by atoms with Crippen LogP contribution in [0.5, 0.6) is 0 Å². The van der Waals surface area contributed by atoms with E-state index in [-0.39, 0.29) is 23.7 Å². The van der Waals surface area contributed by atoms with Crippen molar-refractivity contribution in [3.63, 3.8) is 0 Å². The minimum atomic E-state index is -0.596. The fourth-order valence-electron chi connectivity index (χ4n) is 2.49. The van der Waals surface area contributed by atoms with Crippen molar-refractivity contribution in [3.8, 4) is 0 Å². The predicted octanol–water partition coefficient (Wildman–Crippen LogP) is 3.12. The second kappa shape index (κ2) is 8.28. The fourth-order valence-corrected chi connectivity index (χ4v) is 2.49. The van der Waals surface area contributed by atoms with Gasteiger partial charge in [0.1, 0.15) is 5.82 Å². The molecule has 0 radical (unpaired) electrons. The zero-order valence-corrected chi connectivity index (χ0v) is 14.3. The molecule has 2 aromatic rings. The average molecular weight is 343 g/mol. The quantitative estimate of drug-likeness (QED) is 0.753. The molecule has 0 aromatic heterocycles. The molecular formula is C19H22FN3O2. The predicted molar refractivity (Wildman–Crippen MR) is 94.3 cm³/mol. The lowest BCUT2D eigenvalue weighted by Crippen LogP contribution is -2.31. The van der Waals surface area contributed by atoms with Gasteiger partial charge in [-0.1, -0.05) is 38.1 Å². The third kappa shape index (κ3) is 5.31. The van der Waals surface area contributed by atoms with E-state index in [9.17, 15) is 14.0 Å². The maximum atomic E-state index is 13.1. The Morgan fingerprint density at radius 1 is 1.04 bits per heavy atom. The summed E-state index contributed by atoms with van der Waals surface area (Å²) in [6.07, 6.45) is 0. The summed E-state index contributed by atoms with van der Waals surface area (Å²) in [7, 11) is 0. The summed E-state index contributed by atoms with van der Waals surface area (Å²) in [5.74, 6) is -0.372. The van der Waals surface area contributed by atoms with Crippen molar-refractivity contribution in [1.82, 2.24) is 10.6 Å². The summed E-state index contributed by atoms with van der Waals surface area (Å²) in [5, 5.41) is 5.48. The standard InChI is InChI=1S/C19H22FN3O2/c1-12(2)17(14-7-9-16(20)10-8-14)23-18(24)15-5-3-13(4-6-15)11-22-19(21)25/h3-10,12,17H,11H2,1-2H3,(H,23,24)(H3,21,22,25)/t17-/m1/s1. The highest BCUT2D eigenvalue weighted by Crippen LogP contribution is 2.22. The molecule has 1 atom stereocenters. The number of primary amides is 1. The number of carbonyl (C=O) groups is 2. The van der Waals surface area contributed by atoms with Crippen LogP contribution >= 0.6 is 0 Å². The molecule has 25 heavy (non-hydrogen) atoms. The van der Waals surface area contributed by atoms with Crippen LogP contribution in [0, 0.1) is 11.7 Å². The minimum Gasteiger partial charge on any atom is -0.352 e. The van der Waals surface area contributed by atoms with Gasteiger partial charge in [-0.3, -0.25) is 4.79 Å². The van der Waals surface area contributed by atoms with Gasteiger partial charge in [0.2, 0.25) is 0 Å². The second-order valence-corrected chi connectivity index (χ2v) is 6.16. The molecule has 0 fully saturated rings. The first-order valence-corrected chi connectivity index (χ1v) is 8.05. The van der Waals surface area contributed by atoms with E-state index in [4.69, 9.17) is 5.73 Å². The van der Waals surface area contributed by atoms with Crippen LogP contribution in [0.4, 0.5) is 9.18 Å². The van der Waals surface area contributed by atoms with E-state index in [0.29, 0.717) is 12.1 Å². The van der Waals surface area contributed by atoms with Crippen LogP contribution in [0.2, 0.25) is 0 Å². The van der Waals surface area contributed by atoms with E-state index in [1.807, 2.05) is 13.8 Å². The number of rotatable bonds is 6. The third-order valence-corrected chi connectivity index (χ3v) is 3.87. The zero-order chi connectivity index (χ0) is 18.4. The normalized spacial score (nSPS) is 11.8. The van der Waals surface area contributed by atoms with Gasteiger partial charge in [-0.2, -0.15) is 0 Å². The lowest BCUT2D eigenvalue weighted by Gasteiger charge is -2.23. The Labute approximate surface area is 146 Å². The van der Waals surface area contributed by atoms with Gasteiger partial charge in [0.05, 0.1) is 6.04 Å². The molecule has 0 aliphatic rings. The van der Waals surface area contributed by atoms with Gasteiger partial charge < -0.3 is 16.4 Å². The molecule has 0 saturated carbocycles. The molecule has 0 saturated heterocycles. The summed E-state index contributed by atoms with van der Waals surface area (Å²) < 4.78 is 13.1. The van der Waals surface area contributed by atoms with Crippen LogP contribution in [0.25, 0.3) is 0 Å². The molecule has 0 aliphatic heterocycles. The number of carbonyl (C=O) groups excluding carboxylic acids is 2. The summed E-state index contributed by atoms with van der Waals surface area (Å²) >= 11 is 0. The summed E-state index contributed by atoms with van der Waals surface area (Å²) in [6, 6.07) is 12.2. The Bertz CT molecular complexity index is 727. The smallest absolute Gasteiger partial charge is 0.312 e. The van der Waals surface area contributed by atoms with Gasteiger partial charge in [-0.05, 0) is 41.3 Å². The van der Waals surface area contributed by atoms with Gasteiger partial charge in [0.15, 0.2) is 0 Å². The van der Waals surface area contributed by atoms with Crippen LogP contribution in [-0.2, 0) is 6.54 Å². The van der Waals surface area contributed by atoms with Crippen molar-refractivity contribution in [2.45, 2.75) is 26.4 Å². The number of urea groups is 1. The number of nitrogens with two attached hydrogens (primary N) is 1. The highest BCUT2D eigenvalue weighted by molar-refractivity contribution is 5.94. The molecule has 2 aromatic carbocycles. The highest BCUT2D eigenvalue weighted by Gasteiger charge is 2.19. The summed E-state index contributed by atoms with van der Waals surface area (Å²) in [6.45, 7) is 4.29. The number of benzene rings is 2. The molecule has 0 aliphatic carbocycles. The number of amides is 3. The Kier molecular flexibility index (Phi) is 6.11. The fraction of sp³-hybridized carbons (Fsp3) is 0.263. The molecule has 0 heterocycles. The van der Waals surface area contributed by atoms with E-state index < -0.39 is 6.03 Å². The monoisotopic (exact) mass is 343 g/mol. The molecule has 5 nitrogen and oxygen atoms in total. The van der Waals surface area contributed by atoms with Crippen LogP contribution in [-0.4, -0.2) is 11.9 Å². The Hall–Kier alpha value is -2.89. The molecule has 4 N–H and O–H groups in total. The van der Waals surface area contributed by atoms with Crippen LogP contribution in [0.1, 0.15) is 41.4 Å². The van der Waals surface area contributed by atoms with Crippen LogP contribution in [0.3, 0.4) is 0 Å². The molecule has 0 bridgehead atoms. The average Bonchev–Trinajstić information content (AvgIpc) is 2.59. The largest absolute Gasteiger partial charge is 0.352 e. The molecule has 0 spiro atoms. The second-order valence-electron chi connectivity index (χ2n) is 6.16. The minimum absolute atomic E-state index is 0.147. The lowest BCUT2D eigenvalue weighted by atomic mass is 9.95. The molecule has 6 heteroatoms. The highest BCUT2D eigenvalue weighted by atomic mass is 19.1. The van der Waals surface area contributed by atoms with Crippen molar-refractivity contribution < 1.29 is 14.0 Å². The maximum absolute atomic E-state index is 13.1. The van der Waals surface area contributed by atoms with Gasteiger partial charge in [0, 0.05) is 12.1 Å². The number of hydrogen-bond donors (Lipinski definition) is 3. The van der Waals surface area contributed by atoms with E-state index in [1.165, 1.54) is 12.1 Å². The first-order chi connectivity index (χ1) is 11.9. The van der Waals surface area contributed by atoms with Gasteiger partial charge in [-0.15, -0.1) is 0 Å². The zero-order valence-electron chi connectivity index (χ0n) is 14.3. The van der Waals surface area contributed by atoms with Gasteiger partial charge in [0.25, 0.3) is 5.91 Å². The van der Waals surface area contributed by atoms with Crippen molar-refractivity contribution in [1.29, 1.82) is 0 Å². The third-order valence-electron chi connectivity index (χ3n) is 3.87. The number of halogens is 1. The first-order valence-electron chi connectivity index (χ1n) is 8.05. The van der Waals surface area contributed by atoms with Crippen LogP contribution < -0.4 is 16.4 Å². The van der Waals surface area contributed by atoms with Crippen molar-refractivity contribution in [2.24, 2.45) is 11.7 Å². The Balaban J connectivity index is 2.07. The van der Waals surface area contributed by atoms with Gasteiger partial charge >= 0.3 is 6.03 Å². The van der Waals surface area contributed by atoms with Gasteiger partial charge in [-0.25, -0.2) is 9.18 Å².